The maximum Gasteiger partial charge on any atom is 0.310 e. The van der Waals surface area contributed by atoms with Gasteiger partial charge in [0.1, 0.15) is 0 Å². The van der Waals surface area contributed by atoms with Crippen LogP contribution in [0, 0.1) is 50.7 Å². The zero-order valence-electron chi connectivity index (χ0n) is 23.0. The molecule has 36 heavy (non-hydrogen) atoms. The summed E-state index contributed by atoms with van der Waals surface area (Å²) in [5.74, 6) is -0.834. The highest BCUT2D eigenvalue weighted by molar-refractivity contribution is 5.77. The summed E-state index contributed by atoms with van der Waals surface area (Å²) >= 11 is 0. The molecule has 4 fully saturated rings. The van der Waals surface area contributed by atoms with Crippen molar-refractivity contribution in [1.29, 1.82) is 0 Å². The van der Waals surface area contributed by atoms with Gasteiger partial charge in [-0.2, -0.15) is 0 Å². The van der Waals surface area contributed by atoms with Gasteiger partial charge in [-0.15, -0.1) is 0 Å². The van der Waals surface area contributed by atoms with Gasteiger partial charge in [-0.25, -0.2) is 0 Å². The summed E-state index contributed by atoms with van der Waals surface area (Å²) in [4.78, 5) is 12.8. The van der Waals surface area contributed by atoms with Crippen molar-refractivity contribution in [2.75, 3.05) is 6.61 Å². The molecule has 5 aliphatic rings. The molecule has 5 N–H and O–H groups in total. The van der Waals surface area contributed by atoms with Gasteiger partial charge in [0, 0.05) is 11.3 Å². The second kappa shape index (κ2) is 7.80. The Kier molecular flexibility index (Phi) is 5.77. The quantitative estimate of drug-likeness (QED) is 0.361. The number of aliphatic hydroxyl groups excluding tert-OH is 3. The molecule has 0 amide bonds. The summed E-state index contributed by atoms with van der Waals surface area (Å²) < 4.78 is 0. The van der Waals surface area contributed by atoms with Crippen LogP contribution in [0.25, 0.3) is 0 Å². The van der Waals surface area contributed by atoms with E-state index in [-0.39, 0.29) is 40.6 Å². The number of allylic oxidation sites excluding steroid dienone is 1. The first-order valence-corrected chi connectivity index (χ1v) is 14.2. The second-order valence-corrected chi connectivity index (χ2v) is 14.7. The van der Waals surface area contributed by atoms with E-state index in [1.54, 1.807) is 0 Å². The monoisotopic (exact) mass is 504 g/mol. The van der Waals surface area contributed by atoms with Crippen LogP contribution >= 0.6 is 0 Å². The van der Waals surface area contributed by atoms with Crippen molar-refractivity contribution in [1.82, 2.24) is 0 Å². The molecule has 204 valence electrons. The third kappa shape index (κ3) is 2.91. The van der Waals surface area contributed by atoms with Gasteiger partial charge in [-0.05, 0) is 92.3 Å². The summed E-state index contributed by atoms with van der Waals surface area (Å²) in [5.41, 5.74) is -2.28. The normalized spacial score (nSPS) is 58.6. The lowest BCUT2D eigenvalue weighted by Gasteiger charge is -2.72. The number of carboxylic acid groups (broad SMARTS) is 1. The number of fused-ring (bicyclic) bond motifs is 7. The molecule has 0 radical (unpaired) electrons. The smallest absolute Gasteiger partial charge is 0.310 e. The Bertz CT molecular complexity index is 974. The fourth-order valence-corrected chi connectivity index (χ4v) is 11.0. The summed E-state index contributed by atoms with van der Waals surface area (Å²) in [6, 6.07) is 0. The molecule has 0 aromatic carbocycles. The van der Waals surface area contributed by atoms with Crippen LogP contribution in [0.4, 0.5) is 0 Å². The molecule has 6 nitrogen and oxygen atoms in total. The van der Waals surface area contributed by atoms with Gasteiger partial charge >= 0.3 is 5.97 Å². The van der Waals surface area contributed by atoms with Gasteiger partial charge in [-0.3, -0.25) is 4.79 Å². The lowest BCUT2D eigenvalue weighted by Crippen LogP contribution is -2.69. The maximum atomic E-state index is 12.8. The van der Waals surface area contributed by atoms with E-state index in [0.717, 1.165) is 37.7 Å². The number of hydrogen-bond acceptors (Lipinski definition) is 5. The average Bonchev–Trinajstić information content (AvgIpc) is 2.80. The minimum absolute atomic E-state index is 0.0252. The zero-order chi connectivity index (χ0) is 26.7. The molecule has 0 unspecified atom stereocenters. The van der Waals surface area contributed by atoms with E-state index in [4.69, 9.17) is 0 Å². The number of hydrogen-bond donors (Lipinski definition) is 5. The number of rotatable bonds is 2. The van der Waals surface area contributed by atoms with Gasteiger partial charge in [-0.1, -0.05) is 46.3 Å². The van der Waals surface area contributed by atoms with Crippen LogP contribution in [0.15, 0.2) is 11.6 Å². The van der Waals surface area contributed by atoms with Gasteiger partial charge < -0.3 is 25.5 Å². The van der Waals surface area contributed by atoms with E-state index in [1.165, 1.54) is 0 Å². The molecular formula is C30H48O6. The standard InChI is InChI=1S/C30H48O6/c1-17-9-12-30(24(34)35)14-13-27(4)18(22(30)29(17,6)36)7-8-21-25(2)15-19(32)23(33)26(3,16-31)20(25)10-11-28(21,27)5/h7,17,19-23,31-33,36H,8-16H2,1-6H3,(H,34,35)/t17-,19-,20+,21-,22+,23+,25+,26+,27-,28-,29-,30+/m1/s1. The lowest BCUT2D eigenvalue weighted by molar-refractivity contribution is -0.247. The third-order valence-electron chi connectivity index (χ3n) is 13.6. The fraction of sp³-hybridized carbons (Fsp3) is 0.900. The summed E-state index contributed by atoms with van der Waals surface area (Å²) in [7, 11) is 0. The highest BCUT2D eigenvalue weighted by atomic mass is 16.4. The highest BCUT2D eigenvalue weighted by Gasteiger charge is 2.72. The van der Waals surface area contributed by atoms with Crippen molar-refractivity contribution in [3.8, 4) is 0 Å². The number of aliphatic hydroxyl groups is 4. The number of carboxylic acids is 1. The van der Waals surface area contributed by atoms with Crippen molar-refractivity contribution < 1.29 is 30.3 Å². The van der Waals surface area contributed by atoms with Crippen LogP contribution in [0.2, 0.25) is 0 Å². The van der Waals surface area contributed by atoms with Gasteiger partial charge in [0.05, 0.1) is 29.8 Å². The van der Waals surface area contributed by atoms with Gasteiger partial charge in [0.25, 0.3) is 0 Å². The Morgan fingerprint density at radius 2 is 1.67 bits per heavy atom. The van der Waals surface area contributed by atoms with Crippen molar-refractivity contribution in [3.63, 3.8) is 0 Å². The van der Waals surface area contributed by atoms with Crippen LogP contribution in [-0.4, -0.2) is 55.9 Å². The van der Waals surface area contributed by atoms with Crippen LogP contribution in [0.5, 0.6) is 0 Å². The molecule has 0 spiro atoms. The van der Waals surface area contributed by atoms with E-state index in [0.29, 0.717) is 19.3 Å². The maximum absolute atomic E-state index is 12.8. The Balaban J connectivity index is 1.65. The predicted molar refractivity (Wildman–Crippen MR) is 137 cm³/mol. The fourth-order valence-electron chi connectivity index (χ4n) is 11.0. The minimum atomic E-state index is -1.09. The third-order valence-corrected chi connectivity index (χ3v) is 13.6. The van der Waals surface area contributed by atoms with E-state index >= 15 is 0 Å². The van der Waals surface area contributed by atoms with Crippen molar-refractivity contribution in [2.24, 2.45) is 50.7 Å². The predicted octanol–water partition coefficient (Wildman–Crippen LogP) is 4.15. The Morgan fingerprint density at radius 1 is 1.00 bits per heavy atom. The summed E-state index contributed by atoms with van der Waals surface area (Å²) in [6.07, 6.45) is 6.20. The first-order chi connectivity index (χ1) is 16.6. The van der Waals surface area contributed by atoms with Gasteiger partial charge in [0.15, 0.2) is 0 Å². The molecule has 4 saturated carbocycles. The molecule has 0 aromatic heterocycles. The zero-order valence-corrected chi connectivity index (χ0v) is 23.0. The van der Waals surface area contributed by atoms with Crippen LogP contribution in [0.1, 0.15) is 92.9 Å². The molecule has 12 atom stereocenters. The Hall–Kier alpha value is -0.950. The van der Waals surface area contributed by atoms with Crippen LogP contribution in [-0.2, 0) is 4.79 Å². The molecule has 5 aliphatic carbocycles. The molecule has 0 saturated heterocycles. The Labute approximate surface area is 216 Å². The van der Waals surface area contributed by atoms with E-state index in [1.807, 2.05) is 13.8 Å². The molecule has 5 rings (SSSR count). The largest absolute Gasteiger partial charge is 0.481 e. The SMILES string of the molecule is C[C@@H]1CC[C@]2(C(=O)O)CC[C@]3(C)C(=CC[C@@H]4[C@@]5(C)C[C@@H](O)[C@H](O)[C@@](C)(CO)[C@H]5CC[C@]43C)[C@H]2[C@]1(C)O. The first-order valence-electron chi connectivity index (χ1n) is 14.2. The van der Waals surface area contributed by atoms with Crippen LogP contribution in [0.3, 0.4) is 0 Å². The summed E-state index contributed by atoms with van der Waals surface area (Å²) in [5, 5.41) is 54.8. The Morgan fingerprint density at radius 3 is 2.28 bits per heavy atom. The average molecular weight is 505 g/mol. The molecule has 0 aromatic rings. The van der Waals surface area contributed by atoms with E-state index in [9.17, 15) is 30.3 Å². The van der Waals surface area contributed by atoms with Crippen LogP contribution < -0.4 is 0 Å². The van der Waals surface area contributed by atoms with Crippen molar-refractivity contribution >= 4 is 5.97 Å². The summed E-state index contributed by atoms with van der Waals surface area (Å²) in [6.45, 7) is 12.6. The number of carbonyl (C=O) groups is 1. The number of aliphatic carboxylic acids is 1. The molecule has 0 aliphatic heterocycles. The second-order valence-electron chi connectivity index (χ2n) is 14.7. The minimum Gasteiger partial charge on any atom is -0.481 e. The molecular weight excluding hydrogens is 456 g/mol. The first kappa shape index (κ1) is 26.6. The topological polar surface area (TPSA) is 118 Å². The lowest BCUT2D eigenvalue weighted by atomic mass is 9.33. The van der Waals surface area contributed by atoms with E-state index in [2.05, 4.69) is 33.8 Å². The van der Waals surface area contributed by atoms with E-state index < -0.39 is 40.5 Å². The molecule has 0 heterocycles. The molecule has 6 heteroatoms. The van der Waals surface area contributed by atoms with Crippen molar-refractivity contribution in [3.05, 3.63) is 11.6 Å². The highest BCUT2D eigenvalue weighted by Crippen LogP contribution is 2.76. The molecule has 0 bridgehead atoms. The van der Waals surface area contributed by atoms with Crippen molar-refractivity contribution in [2.45, 2.75) is 111 Å². The van der Waals surface area contributed by atoms with Gasteiger partial charge in [0.2, 0.25) is 0 Å².